The zero-order valence-corrected chi connectivity index (χ0v) is 10.0. The number of aliphatic hydroxyl groups is 2. The first kappa shape index (κ1) is 13.4. The molecule has 96 valence electrons. The van der Waals surface area contributed by atoms with Crippen molar-refractivity contribution in [2.45, 2.75) is 0 Å². The first-order chi connectivity index (χ1) is 8.17. The average Bonchev–Trinajstić information content (AvgIpc) is 2.33. The summed E-state index contributed by atoms with van der Waals surface area (Å²) in [5, 5.41) is 23.2. The molecule has 1 aromatic heterocycles. The number of nitrogens with zero attached hydrogens (tertiary/aromatic N) is 4. The molecule has 0 aromatic carbocycles. The van der Waals surface area contributed by atoms with E-state index in [1.54, 1.807) is 4.90 Å². The standard InChI is InChI=1S/C9H18N6O2/c1-15(2)9-13-7(10-3-5-16)12-8(14-9)11-4-6-17/h16-17H,3-6H2,1-2H3,(H2,10,11,12,13,14). The zero-order chi connectivity index (χ0) is 12.7. The minimum absolute atomic E-state index is 0.00236. The Kier molecular flexibility index (Phi) is 5.37. The lowest BCUT2D eigenvalue weighted by Gasteiger charge is -2.13. The normalized spacial score (nSPS) is 10.1. The van der Waals surface area contributed by atoms with Crippen molar-refractivity contribution in [3.05, 3.63) is 0 Å². The number of aromatic nitrogens is 3. The van der Waals surface area contributed by atoms with Crippen LogP contribution in [0, 0.1) is 0 Å². The van der Waals surface area contributed by atoms with Crippen LogP contribution in [0.5, 0.6) is 0 Å². The van der Waals surface area contributed by atoms with Gasteiger partial charge in [0.05, 0.1) is 13.2 Å². The lowest BCUT2D eigenvalue weighted by Crippen LogP contribution is -2.18. The Hall–Kier alpha value is -1.67. The molecule has 0 atom stereocenters. The lowest BCUT2D eigenvalue weighted by molar-refractivity contribution is 0.310. The molecular weight excluding hydrogens is 224 g/mol. The third-order valence-electron chi connectivity index (χ3n) is 1.81. The topological polar surface area (TPSA) is 106 Å². The lowest BCUT2D eigenvalue weighted by atomic mass is 10.6. The second-order valence-corrected chi connectivity index (χ2v) is 3.48. The van der Waals surface area contributed by atoms with Crippen LogP contribution < -0.4 is 15.5 Å². The van der Waals surface area contributed by atoms with Gasteiger partial charge in [-0.05, 0) is 0 Å². The molecule has 0 saturated carbocycles. The Morgan fingerprint density at radius 3 is 1.76 bits per heavy atom. The van der Waals surface area contributed by atoms with Crippen molar-refractivity contribution in [3.63, 3.8) is 0 Å². The molecule has 1 aromatic rings. The molecule has 0 bridgehead atoms. The van der Waals surface area contributed by atoms with Gasteiger partial charge in [-0.25, -0.2) is 0 Å². The fourth-order valence-corrected chi connectivity index (χ4v) is 1.06. The van der Waals surface area contributed by atoms with E-state index in [0.29, 0.717) is 30.9 Å². The van der Waals surface area contributed by atoms with E-state index in [1.807, 2.05) is 14.1 Å². The van der Waals surface area contributed by atoms with Crippen molar-refractivity contribution in [3.8, 4) is 0 Å². The number of aliphatic hydroxyl groups excluding tert-OH is 2. The summed E-state index contributed by atoms with van der Waals surface area (Å²) in [4.78, 5) is 14.2. The molecule has 17 heavy (non-hydrogen) atoms. The number of hydrogen-bond donors (Lipinski definition) is 4. The van der Waals surface area contributed by atoms with E-state index >= 15 is 0 Å². The van der Waals surface area contributed by atoms with Gasteiger partial charge in [0.15, 0.2) is 0 Å². The summed E-state index contributed by atoms with van der Waals surface area (Å²) in [5.74, 6) is 1.28. The first-order valence-corrected chi connectivity index (χ1v) is 5.30. The largest absolute Gasteiger partial charge is 0.395 e. The van der Waals surface area contributed by atoms with Crippen molar-refractivity contribution < 1.29 is 10.2 Å². The third-order valence-corrected chi connectivity index (χ3v) is 1.81. The van der Waals surface area contributed by atoms with Crippen LogP contribution in [0.15, 0.2) is 0 Å². The molecule has 8 nitrogen and oxygen atoms in total. The van der Waals surface area contributed by atoms with E-state index in [0.717, 1.165) is 0 Å². The van der Waals surface area contributed by atoms with Gasteiger partial charge in [-0.3, -0.25) is 0 Å². The van der Waals surface area contributed by atoms with Crippen molar-refractivity contribution in [1.82, 2.24) is 15.0 Å². The molecule has 0 saturated heterocycles. The van der Waals surface area contributed by atoms with E-state index in [9.17, 15) is 0 Å². The average molecular weight is 242 g/mol. The SMILES string of the molecule is CN(C)c1nc(NCCO)nc(NCCO)n1. The highest BCUT2D eigenvalue weighted by molar-refractivity contribution is 5.42. The van der Waals surface area contributed by atoms with Gasteiger partial charge < -0.3 is 25.7 Å². The summed E-state index contributed by atoms with van der Waals surface area (Å²) < 4.78 is 0. The van der Waals surface area contributed by atoms with Crippen LogP contribution in [0.2, 0.25) is 0 Å². The van der Waals surface area contributed by atoms with Crippen LogP contribution >= 0.6 is 0 Å². The number of hydrogen-bond acceptors (Lipinski definition) is 8. The molecule has 0 aliphatic heterocycles. The third kappa shape index (κ3) is 4.37. The maximum absolute atomic E-state index is 8.72. The molecular formula is C9H18N6O2. The van der Waals surface area contributed by atoms with Crippen LogP contribution in [0.4, 0.5) is 17.8 Å². The summed E-state index contributed by atoms with van der Waals surface area (Å²) in [7, 11) is 3.64. The summed E-state index contributed by atoms with van der Waals surface area (Å²) >= 11 is 0. The second-order valence-electron chi connectivity index (χ2n) is 3.48. The van der Waals surface area contributed by atoms with Gasteiger partial charge in [0.25, 0.3) is 0 Å². The van der Waals surface area contributed by atoms with E-state index in [4.69, 9.17) is 10.2 Å². The molecule has 4 N–H and O–H groups in total. The summed E-state index contributed by atoms with van der Waals surface area (Å²) in [6.45, 7) is 0.747. The molecule has 0 radical (unpaired) electrons. The fourth-order valence-electron chi connectivity index (χ4n) is 1.06. The number of anilines is 3. The molecule has 1 rings (SSSR count). The van der Waals surface area contributed by atoms with Crippen molar-refractivity contribution in [2.24, 2.45) is 0 Å². The first-order valence-electron chi connectivity index (χ1n) is 5.30. The van der Waals surface area contributed by atoms with Gasteiger partial charge in [-0.15, -0.1) is 0 Å². The van der Waals surface area contributed by atoms with Gasteiger partial charge >= 0.3 is 0 Å². The van der Waals surface area contributed by atoms with Crippen LogP contribution in [-0.2, 0) is 0 Å². The zero-order valence-electron chi connectivity index (χ0n) is 10.0. The monoisotopic (exact) mass is 242 g/mol. The Bertz CT molecular complexity index is 320. The van der Waals surface area contributed by atoms with Gasteiger partial charge in [0.1, 0.15) is 0 Å². The smallest absolute Gasteiger partial charge is 0.231 e. The quantitative estimate of drug-likeness (QED) is 0.470. The number of rotatable bonds is 7. The second kappa shape index (κ2) is 6.81. The molecule has 1 heterocycles. The fraction of sp³-hybridized carbons (Fsp3) is 0.667. The summed E-state index contributed by atoms with van der Waals surface area (Å²) in [5.41, 5.74) is 0. The van der Waals surface area contributed by atoms with Crippen molar-refractivity contribution >= 4 is 17.8 Å². The predicted molar refractivity (Wildman–Crippen MR) is 65.3 cm³/mol. The van der Waals surface area contributed by atoms with E-state index in [2.05, 4.69) is 25.6 Å². The Morgan fingerprint density at radius 2 is 1.41 bits per heavy atom. The molecule has 0 unspecified atom stereocenters. The molecule has 0 amide bonds. The van der Waals surface area contributed by atoms with Crippen molar-refractivity contribution in [1.29, 1.82) is 0 Å². The van der Waals surface area contributed by atoms with Gasteiger partial charge in [0.2, 0.25) is 17.8 Å². The van der Waals surface area contributed by atoms with Crippen LogP contribution in [0.25, 0.3) is 0 Å². The highest BCUT2D eigenvalue weighted by atomic mass is 16.3. The Labute approximate surface area is 99.7 Å². The van der Waals surface area contributed by atoms with Crippen molar-refractivity contribution in [2.75, 3.05) is 55.9 Å². The van der Waals surface area contributed by atoms with Crippen LogP contribution in [0.1, 0.15) is 0 Å². The van der Waals surface area contributed by atoms with Gasteiger partial charge in [-0.2, -0.15) is 15.0 Å². The minimum Gasteiger partial charge on any atom is -0.395 e. The van der Waals surface area contributed by atoms with Gasteiger partial charge in [0, 0.05) is 27.2 Å². The van der Waals surface area contributed by atoms with E-state index in [1.165, 1.54) is 0 Å². The Balaban J connectivity index is 2.84. The van der Waals surface area contributed by atoms with Crippen LogP contribution in [0.3, 0.4) is 0 Å². The van der Waals surface area contributed by atoms with Gasteiger partial charge in [-0.1, -0.05) is 0 Å². The summed E-state index contributed by atoms with van der Waals surface area (Å²) in [6, 6.07) is 0. The molecule has 0 fully saturated rings. The molecule has 8 heteroatoms. The van der Waals surface area contributed by atoms with E-state index in [-0.39, 0.29) is 13.2 Å². The highest BCUT2D eigenvalue weighted by Crippen LogP contribution is 2.10. The highest BCUT2D eigenvalue weighted by Gasteiger charge is 2.07. The van der Waals surface area contributed by atoms with Crippen LogP contribution in [-0.4, -0.2) is 65.6 Å². The Morgan fingerprint density at radius 1 is 0.941 bits per heavy atom. The molecule has 0 spiro atoms. The maximum atomic E-state index is 8.72. The molecule has 0 aliphatic carbocycles. The minimum atomic E-state index is 0.00236. The number of nitrogens with one attached hydrogen (secondary N) is 2. The summed E-state index contributed by atoms with van der Waals surface area (Å²) in [6.07, 6.45) is 0. The maximum Gasteiger partial charge on any atom is 0.231 e. The predicted octanol–water partition coefficient (Wildman–Crippen LogP) is -1.25. The van der Waals surface area contributed by atoms with E-state index < -0.39 is 0 Å². The molecule has 0 aliphatic rings.